The van der Waals surface area contributed by atoms with E-state index in [4.69, 9.17) is 10.1 Å². The van der Waals surface area contributed by atoms with Crippen LogP contribution in [0.3, 0.4) is 0 Å². The van der Waals surface area contributed by atoms with E-state index in [0.29, 0.717) is 0 Å². The van der Waals surface area contributed by atoms with E-state index in [-0.39, 0.29) is 6.47 Å². The summed E-state index contributed by atoms with van der Waals surface area (Å²) in [4.78, 5) is 11.2. The van der Waals surface area contributed by atoms with E-state index in [9.17, 15) is 0 Å². The zero-order chi connectivity index (χ0) is 11.3. The predicted octanol–water partition coefficient (Wildman–Crippen LogP) is -0.563. The number of rotatable bonds is 1. The maximum absolute atomic E-state index is 8.64. The van der Waals surface area contributed by atoms with Crippen LogP contribution >= 0.6 is 0 Å². The molecule has 80 valence electrons. The molecule has 0 spiro atoms. The second-order valence-corrected chi connectivity index (χ2v) is 3.02. The van der Waals surface area contributed by atoms with Crippen LogP contribution in [-0.4, -0.2) is 11.0 Å². The number of hydrogen-bond donors (Lipinski definition) is 0. The van der Waals surface area contributed by atoms with Crippen LogP contribution in [0.1, 0.15) is 0 Å². The van der Waals surface area contributed by atoms with Gasteiger partial charge in [-0.05, 0) is 12.1 Å². The highest BCUT2D eigenvalue weighted by Crippen LogP contribution is 2.07. The lowest BCUT2D eigenvalue weighted by molar-refractivity contribution is -0.652. The summed E-state index contributed by atoms with van der Waals surface area (Å²) >= 11 is 0. The molecule has 0 saturated carbocycles. The van der Waals surface area contributed by atoms with Crippen LogP contribution in [0.2, 0.25) is 0 Å². The summed E-state index contributed by atoms with van der Waals surface area (Å²) in [5, 5.41) is 8.43. The largest absolute Gasteiger partial charge is 0.662 e. The van der Waals surface area contributed by atoms with Crippen LogP contribution in [0.15, 0.2) is 30.6 Å². The molecule has 15 heavy (non-hydrogen) atoms. The molecule has 1 aromatic carbocycles. The number of hydrogen-bond acceptors (Lipinski definition) is 3. The van der Waals surface area contributed by atoms with Crippen molar-refractivity contribution >= 4 is 17.5 Å². The van der Waals surface area contributed by atoms with Crippen molar-refractivity contribution in [3.8, 4) is 0 Å². The van der Waals surface area contributed by atoms with Crippen molar-refractivity contribution < 1.29 is 19.5 Å². The van der Waals surface area contributed by atoms with Gasteiger partial charge >= 0.3 is 0 Å². The minimum atomic E-state index is -0.181. The molecule has 1 heterocycles. The van der Waals surface area contributed by atoms with Gasteiger partial charge in [0.15, 0.2) is 11.0 Å². The highest BCUT2D eigenvalue weighted by Gasteiger charge is 2.06. The van der Waals surface area contributed by atoms with Gasteiger partial charge in [-0.15, -0.1) is 0 Å². The van der Waals surface area contributed by atoms with Gasteiger partial charge in [-0.3, -0.25) is 4.79 Å². The number of nitrogens with zero attached hydrogens (tertiary/aromatic N) is 2. The molecule has 0 amide bonds. The number of fused-ring (bicyclic) bond motifs is 1. The number of para-hydroxylation sites is 2. The molecule has 0 atom stereocenters. The summed E-state index contributed by atoms with van der Waals surface area (Å²) in [6.45, 7) is -0.181. The standard InChI is InChI=1S/C9H11N2.CH2O3/c1-10-7-11(2)9-6-4-3-5-8(9)10;2-1-4-3/h3-7H,1-2H3;1,3H/q+1;/p-1. The Hall–Kier alpha value is -1.88. The first-order valence-corrected chi connectivity index (χ1v) is 4.32. The Morgan fingerprint density at radius 2 is 2.07 bits per heavy atom. The average molecular weight is 208 g/mol. The van der Waals surface area contributed by atoms with Gasteiger partial charge in [-0.2, -0.15) is 0 Å². The van der Waals surface area contributed by atoms with Crippen molar-refractivity contribution in [2.45, 2.75) is 0 Å². The maximum atomic E-state index is 8.64. The third-order valence-corrected chi connectivity index (χ3v) is 2.03. The Morgan fingerprint density at radius 3 is 2.60 bits per heavy atom. The lowest BCUT2D eigenvalue weighted by Gasteiger charge is -1.88. The molecule has 5 nitrogen and oxygen atoms in total. The molecule has 0 N–H and O–H groups in total. The van der Waals surface area contributed by atoms with Gasteiger partial charge in [0.2, 0.25) is 6.33 Å². The fourth-order valence-corrected chi connectivity index (χ4v) is 1.44. The predicted molar refractivity (Wildman–Crippen MR) is 51.2 cm³/mol. The number of aromatic nitrogens is 2. The first-order chi connectivity index (χ1) is 7.20. The number of carbonyl (C=O) groups excluding carboxylic acids is 1. The highest BCUT2D eigenvalue weighted by atomic mass is 17.1. The molecule has 0 saturated heterocycles. The maximum Gasteiger partial charge on any atom is 0.287 e. The number of imidazole rings is 1. The number of carbonyl (C=O) groups is 1. The molecule has 1 aromatic heterocycles. The summed E-state index contributed by atoms with van der Waals surface area (Å²) in [5.41, 5.74) is 2.55. The number of benzene rings is 1. The van der Waals surface area contributed by atoms with Crippen molar-refractivity contribution in [3.63, 3.8) is 0 Å². The van der Waals surface area contributed by atoms with E-state index in [0.717, 1.165) is 0 Å². The van der Waals surface area contributed by atoms with Crippen LogP contribution in [0.25, 0.3) is 11.0 Å². The van der Waals surface area contributed by atoms with E-state index in [1.54, 1.807) is 0 Å². The van der Waals surface area contributed by atoms with Gasteiger partial charge in [0.1, 0.15) is 0 Å². The molecule has 0 unspecified atom stereocenters. The molecular formula is C10H12N2O3. The van der Waals surface area contributed by atoms with Crippen molar-refractivity contribution in [1.29, 1.82) is 0 Å². The van der Waals surface area contributed by atoms with Crippen LogP contribution in [0.5, 0.6) is 0 Å². The minimum Gasteiger partial charge on any atom is -0.662 e. The SMILES string of the molecule is Cn1c[n+](C)c2ccccc21.O=CO[O-]. The Bertz CT molecular complexity index is 415. The quantitative estimate of drug-likeness (QED) is 0.273. The van der Waals surface area contributed by atoms with Crippen molar-refractivity contribution in [2.75, 3.05) is 0 Å². The topological polar surface area (TPSA) is 58.2 Å². The third-order valence-electron chi connectivity index (χ3n) is 2.03. The summed E-state index contributed by atoms with van der Waals surface area (Å²) in [7, 11) is 4.12. The second-order valence-electron chi connectivity index (χ2n) is 3.02. The van der Waals surface area contributed by atoms with Gasteiger partial charge in [-0.1, -0.05) is 12.1 Å². The molecule has 0 bridgehead atoms. The Labute approximate surface area is 87.1 Å². The Kier molecular flexibility index (Phi) is 3.82. The Morgan fingerprint density at radius 1 is 1.47 bits per heavy atom. The highest BCUT2D eigenvalue weighted by molar-refractivity contribution is 5.71. The molecule has 2 aromatic rings. The molecule has 0 aliphatic heterocycles. The van der Waals surface area contributed by atoms with Gasteiger partial charge in [-0.25, -0.2) is 9.13 Å². The molecule has 5 heteroatoms. The lowest BCUT2D eigenvalue weighted by atomic mass is 10.3. The van der Waals surface area contributed by atoms with Gasteiger partial charge < -0.3 is 10.1 Å². The third kappa shape index (κ3) is 2.54. The fraction of sp³-hybridized carbons (Fsp3) is 0.200. The van der Waals surface area contributed by atoms with E-state index >= 15 is 0 Å². The van der Waals surface area contributed by atoms with E-state index in [1.165, 1.54) is 11.0 Å². The van der Waals surface area contributed by atoms with Crippen LogP contribution in [-0.2, 0) is 23.8 Å². The fourth-order valence-electron chi connectivity index (χ4n) is 1.44. The van der Waals surface area contributed by atoms with Gasteiger partial charge in [0.05, 0.1) is 14.1 Å². The van der Waals surface area contributed by atoms with Crippen LogP contribution < -0.4 is 9.82 Å². The molecule has 0 aliphatic carbocycles. The molecule has 0 aliphatic rings. The van der Waals surface area contributed by atoms with Crippen LogP contribution in [0.4, 0.5) is 0 Å². The first kappa shape index (κ1) is 11.2. The van der Waals surface area contributed by atoms with Crippen LogP contribution in [0, 0.1) is 0 Å². The normalized spacial score (nSPS) is 9.27. The average Bonchev–Trinajstić information content (AvgIpc) is 2.56. The molecule has 2 rings (SSSR count). The van der Waals surface area contributed by atoms with Crippen molar-refractivity contribution in [2.24, 2.45) is 14.1 Å². The zero-order valence-electron chi connectivity index (χ0n) is 8.58. The van der Waals surface area contributed by atoms with Crippen molar-refractivity contribution in [1.82, 2.24) is 4.57 Å². The lowest BCUT2D eigenvalue weighted by Crippen LogP contribution is -2.25. The Balaban J connectivity index is 0.000000245. The molecule has 0 fully saturated rings. The van der Waals surface area contributed by atoms with Gasteiger partial charge in [0.25, 0.3) is 6.47 Å². The number of aryl methyl sites for hydroxylation is 2. The molecule has 0 radical (unpaired) electrons. The second kappa shape index (κ2) is 5.11. The smallest absolute Gasteiger partial charge is 0.287 e. The van der Waals surface area contributed by atoms with E-state index in [2.05, 4.69) is 58.7 Å². The molecular weight excluding hydrogens is 196 g/mol. The summed E-state index contributed by atoms with van der Waals surface area (Å²) in [5.74, 6) is 0. The van der Waals surface area contributed by atoms with E-state index < -0.39 is 0 Å². The summed E-state index contributed by atoms with van der Waals surface area (Å²) in [6, 6.07) is 8.36. The van der Waals surface area contributed by atoms with Gasteiger partial charge in [0, 0.05) is 0 Å². The minimum absolute atomic E-state index is 0.181. The van der Waals surface area contributed by atoms with E-state index in [1.807, 2.05) is 0 Å². The zero-order valence-corrected chi connectivity index (χ0v) is 8.58. The first-order valence-electron chi connectivity index (χ1n) is 4.32. The summed E-state index contributed by atoms with van der Waals surface area (Å²) < 4.78 is 4.24. The van der Waals surface area contributed by atoms with Crippen molar-refractivity contribution in [3.05, 3.63) is 30.6 Å². The summed E-state index contributed by atoms with van der Waals surface area (Å²) in [6.07, 6.45) is 2.07. The monoisotopic (exact) mass is 208 g/mol.